The van der Waals surface area contributed by atoms with Crippen LogP contribution in [0.25, 0.3) is 0 Å². The van der Waals surface area contributed by atoms with Crippen LogP contribution in [0.4, 0.5) is 56.1 Å². The van der Waals surface area contributed by atoms with Crippen LogP contribution in [-0.2, 0) is 12.4 Å². The van der Waals surface area contributed by atoms with Crippen molar-refractivity contribution in [3.63, 3.8) is 0 Å². The summed E-state index contributed by atoms with van der Waals surface area (Å²) in [4.78, 5) is 25.9. The lowest BCUT2D eigenvalue weighted by Gasteiger charge is -2.25. The van der Waals surface area contributed by atoms with E-state index >= 15 is 0 Å². The molecule has 0 saturated carbocycles. The summed E-state index contributed by atoms with van der Waals surface area (Å²) >= 11 is 0. The van der Waals surface area contributed by atoms with Gasteiger partial charge in [0, 0.05) is 25.8 Å². The van der Waals surface area contributed by atoms with Gasteiger partial charge in [-0.15, -0.1) is 0 Å². The zero-order chi connectivity index (χ0) is 26.1. The minimum Gasteiger partial charge on any atom is -0.435 e. The van der Waals surface area contributed by atoms with E-state index < -0.39 is 53.7 Å². The Morgan fingerprint density at radius 2 is 1.69 bits per heavy atom. The van der Waals surface area contributed by atoms with Crippen LogP contribution < -0.4 is 24.6 Å². The summed E-state index contributed by atoms with van der Waals surface area (Å²) in [5.74, 6) is -1.58. The smallest absolute Gasteiger partial charge is 0.420 e. The van der Waals surface area contributed by atoms with E-state index in [1.165, 1.54) is 0 Å². The van der Waals surface area contributed by atoms with Gasteiger partial charge in [-0.2, -0.15) is 35.1 Å². The summed E-state index contributed by atoms with van der Waals surface area (Å²) in [7, 11) is 1.06. The molecule has 1 fully saturated rings. The molecule has 1 N–H and O–H groups in total. The Morgan fingerprint density at radius 1 is 1.06 bits per heavy atom. The van der Waals surface area contributed by atoms with Crippen molar-refractivity contribution in [2.75, 3.05) is 29.9 Å². The second-order valence-corrected chi connectivity index (χ2v) is 7.05. The lowest BCUT2D eigenvalue weighted by molar-refractivity contribution is -0.143. The molecule has 1 aliphatic heterocycles. The third-order valence-corrected chi connectivity index (χ3v) is 4.76. The van der Waals surface area contributed by atoms with E-state index in [1.807, 2.05) is 0 Å². The zero-order valence-electron chi connectivity index (χ0n) is 17.5. The van der Waals surface area contributed by atoms with Crippen LogP contribution >= 0.6 is 0 Å². The molecular formula is C20H15F8N3O4. The minimum absolute atomic E-state index is 0.0300. The molecule has 0 bridgehead atoms. The summed E-state index contributed by atoms with van der Waals surface area (Å²) in [5, 5.41) is 2.24. The summed E-state index contributed by atoms with van der Waals surface area (Å²) in [6, 6.07) is 3.39. The second-order valence-electron chi connectivity index (χ2n) is 7.05. The molecule has 3 amide bonds. The van der Waals surface area contributed by atoms with Gasteiger partial charge in [0.1, 0.15) is 11.3 Å². The topological polar surface area (TPSA) is 71.1 Å². The highest BCUT2D eigenvalue weighted by atomic mass is 19.4. The van der Waals surface area contributed by atoms with Crippen molar-refractivity contribution in [3.05, 3.63) is 47.5 Å². The number of nitrogens with one attached hydrogen (secondary N) is 1. The standard InChI is InChI=1S/C20H15F8N3O4/c1-30(11-2-4-12(5-3-11)34-16(21)22)18(33)35-15-13(20(26,27)28)8-10(19(23,24)25)9-14(15)31-7-6-29-17(31)32/h2-5,8-9,16H,6-7H2,1H3,(H,29,32). The Kier molecular flexibility index (Phi) is 6.98. The van der Waals surface area contributed by atoms with Gasteiger partial charge in [0.2, 0.25) is 0 Å². The normalized spacial score (nSPS) is 14.2. The molecule has 0 spiro atoms. The summed E-state index contributed by atoms with van der Waals surface area (Å²) in [5.41, 5.74) is -4.58. The second kappa shape index (κ2) is 9.46. The molecule has 0 aromatic heterocycles. The summed E-state index contributed by atoms with van der Waals surface area (Å²) < 4.78 is 115. The van der Waals surface area contributed by atoms with Gasteiger partial charge >= 0.3 is 31.1 Å². The molecule has 2 aromatic carbocycles. The molecule has 2 aromatic rings. The van der Waals surface area contributed by atoms with Gasteiger partial charge in [-0.3, -0.25) is 9.80 Å². The first-order valence-corrected chi connectivity index (χ1v) is 9.56. The van der Waals surface area contributed by atoms with Crippen LogP contribution in [0.15, 0.2) is 36.4 Å². The van der Waals surface area contributed by atoms with E-state index in [0.29, 0.717) is 9.80 Å². The Bertz CT molecular complexity index is 1100. The predicted molar refractivity (Wildman–Crippen MR) is 105 cm³/mol. The van der Waals surface area contributed by atoms with Gasteiger partial charge < -0.3 is 14.8 Å². The SMILES string of the molecule is CN(C(=O)Oc1c(N2CCNC2=O)cc(C(F)(F)F)cc1C(F)(F)F)c1ccc(OC(F)F)cc1. The van der Waals surface area contributed by atoms with Crippen LogP contribution in [0.2, 0.25) is 0 Å². The average molecular weight is 513 g/mol. The largest absolute Gasteiger partial charge is 0.435 e. The Balaban J connectivity index is 2.03. The van der Waals surface area contributed by atoms with Crippen molar-refractivity contribution < 1.29 is 54.2 Å². The Morgan fingerprint density at radius 3 is 2.17 bits per heavy atom. The molecule has 190 valence electrons. The van der Waals surface area contributed by atoms with Gasteiger partial charge in [0.25, 0.3) is 0 Å². The number of alkyl halides is 8. The maximum absolute atomic E-state index is 13.7. The lowest BCUT2D eigenvalue weighted by atomic mass is 10.1. The molecule has 7 nitrogen and oxygen atoms in total. The molecule has 3 rings (SSSR count). The van der Waals surface area contributed by atoms with Crippen molar-refractivity contribution in [3.8, 4) is 11.5 Å². The van der Waals surface area contributed by atoms with Crippen LogP contribution in [0.5, 0.6) is 11.5 Å². The number of halogens is 8. The number of hydrogen-bond acceptors (Lipinski definition) is 4. The molecular weight excluding hydrogens is 498 g/mol. The Hall–Kier alpha value is -3.78. The fourth-order valence-electron chi connectivity index (χ4n) is 3.11. The summed E-state index contributed by atoms with van der Waals surface area (Å²) in [6.45, 7) is -3.48. The molecule has 0 unspecified atom stereocenters. The first-order valence-electron chi connectivity index (χ1n) is 9.56. The number of carbonyl (C=O) groups excluding carboxylic acids is 2. The summed E-state index contributed by atoms with van der Waals surface area (Å²) in [6.07, 6.45) is -12.1. The van der Waals surface area contributed by atoms with Gasteiger partial charge in [-0.25, -0.2) is 9.59 Å². The molecule has 1 aliphatic rings. The molecule has 1 saturated heterocycles. The third kappa shape index (κ3) is 5.84. The third-order valence-electron chi connectivity index (χ3n) is 4.76. The molecule has 1 heterocycles. The van der Waals surface area contributed by atoms with Crippen LogP contribution in [0.3, 0.4) is 0 Å². The monoisotopic (exact) mass is 513 g/mol. The Labute approximate surface area is 191 Å². The van der Waals surface area contributed by atoms with Crippen molar-refractivity contribution in [2.45, 2.75) is 19.0 Å². The van der Waals surface area contributed by atoms with Crippen molar-refractivity contribution in [1.29, 1.82) is 0 Å². The van der Waals surface area contributed by atoms with Gasteiger partial charge in [0.05, 0.1) is 11.3 Å². The number of urea groups is 1. The van der Waals surface area contributed by atoms with Crippen LogP contribution in [-0.4, -0.2) is 38.9 Å². The number of ether oxygens (including phenoxy) is 2. The van der Waals surface area contributed by atoms with Gasteiger partial charge in [0.15, 0.2) is 5.75 Å². The first-order chi connectivity index (χ1) is 16.2. The van der Waals surface area contributed by atoms with Gasteiger partial charge in [-0.05, 0) is 36.4 Å². The molecule has 35 heavy (non-hydrogen) atoms. The highest BCUT2D eigenvalue weighted by Crippen LogP contribution is 2.46. The highest BCUT2D eigenvalue weighted by molar-refractivity contribution is 5.97. The van der Waals surface area contributed by atoms with Crippen molar-refractivity contribution in [2.24, 2.45) is 0 Å². The highest BCUT2D eigenvalue weighted by Gasteiger charge is 2.43. The van der Waals surface area contributed by atoms with E-state index in [9.17, 15) is 44.7 Å². The van der Waals surface area contributed by atoms with Crippen molar-refractivity contribution >= 4 is 23.5 Å². The zero-order valence-corrected chi connectivity index (χ0v) is 17.5. The number of amides is 3. The van der Waals surface area contributed by atoms with E-state index in [-0.39, 0.29) is 36.7 Å². The molecule has 15 heteroatoms. The molecule has 0 atom stereocenters. The van der Waals surface area contributed by atoms with E-state index in [2.05, 4.69) is 10.1 Å². The lowest BCUT2D eigenvalue weighted by Crippen LogP contribution is -2.33. The number of carbonyl (C=O) groups is 2. The van der Waals surface area contributed by atoms with Crippen LogP contribution in [0, 0.1) is 0 Å². The predicted octanol–water partition coefficient (Wildman–Crippen LogP) is 5.49. The van der Waals surface area contributed by atoms with Gasteiger partial charge in [-0.1, -0.05) is 0 Å². The quantitative estimate of drug-likeness (QED) is 0.537. The first kappa shape index (κ1) is 25.8. The fraction of sp³-hybridized carbons (Fsp3) is 0.300. The number of rotatable bonds is 5. The molecule has 0 radical (unpaired) electrons. The fourth-order valence-corrected chi connectivity index (χ4v) is 3.11. The van der Waals surface area contributed by atoms with E-state index in [4.69, 9.17) is 4.74 Å². The minimum atomic E-state index is -5.39. The number of hydrogen-bond donors (Lipinski definition) is 1. The van der Waals surface area contributed by atoms with E-state index in [1.54, 1.807) is 0 Å². The number of nitrogens with zero attached hydrogens (tertiary/aromatic N) is 2. The number of anilines is 2. The maximum atomic E-state index is 13.7. The van der Waals surface area contributed by atoms with Crippen molar-refractivity contribution in [1.82, 2.24) is 5.32 Å². The number of benzene rings is 2. The van der Waals surface area contributed by atoms with Crippen LogP contribution in [0.1, 0.15) is 11.1 Å². The molecule has 0 aliphatic carbocycles. The average Bonchev–Trinajstić information content (AvgIpc) is 3.17. The maximum Gasteiger partial charge on any atom is 0.420 e. The van der Waals surface area contributed by atoms with E-state index in [0.717, 1.165) is 31.3 Å².